The summed E-state index contributed by atoms with van der Waals surface area (Å²) in [6.45, 7) is 1.96. The van der Waals surface area contributed by atoms with Crippen LogP contribution in [0.2, 0.25) is 0 Å². The van der Waals surface area contributed by atoms with E-state index in [2.05, 4.69) is 35.8 Å². The van der Waals surface area contributed by atoms with Gasteiger partial charge in [-0.2, -0.15) is 0 Å². The minimum atomic E-state index is -4.58. The van der Waals surface area contributed by atoms with Crippen molar-refractivity contribution < 1.29 is 28.4 Å². The smallest absolute Gasteiger partial charge is 0.374 e. The van der Waals surface area contributed by atoms with Crippen LogP contribution in [0.3, 0.4) is 0 Å². The van der Waals surface area contributed by atoms with Crippen molar-refractivity contribution in [3.63, 3.8) is 0 Å². The Morgan fingerprint density at radius 3 is 1.75 bits per heavy atom. The normalized spacial score (nSPS) is 12.3. The third-order valence-electron chi connectivity index (χ3n) is 5.15. The molecule has 2 N–H and O–H groups in total. The first kappa shape index (κ1) is 31.2. The Bertz CT molecular complexity index is 527. The summed E-state index contributed by atoms with van der Waals surface area (Å²) < 4.78 is 19.8. The van der Waals surface area contributed by atoms with E-state index in [0.717, 1.165) is 19.3 Å². The number of carbonyl (C=O) groups is 1. The van der Waals surface area contributed by atoms with Gasteiger partial charge in [0, 0.05) is 6.61 Å². The quantitative estimate of drug-likeness (QED) is 0.0884. The Labute approximate surface area is 196 Å². The number of carbonyl (C=O) groups excluding carboxylic acids is 1. The summed E-state index contributed by atoms with van der Waals surface area (Å²) in [5.41, 5.74) is 0. The highest BCUT2D eigenvalue weighted by Gasteiger charge is 2.16. The fraction of sp³-hybridized carbons (Fsp3) is 0.800. The summed E-state index contributed by atoms with van der Waals surface area (Å²) in [4.78, 5) is 28.3. The van der Waals surface area contributed by atoms with E-state index in [-0.39, 0.29) is 6.61 Å². The van der Waals surface area contributed by atoms with Gasteiger partial charge in [-0.25, -0.2) is 4.57 Å². The van der Waals surface area contributed by atoms with E-state index in [1.54, 1.807) is 0 Å². The van der Waals surface area contributed by atoms with E-state index < -0.39 is 20.2 Å². The molecule has 0 aromatic heterocycles. The number of ether oxygens (including phenoxy) is 1. The van der Waals surface area contributed by atoms with Gasteiger partial charge in [0.05, 0.1) is 0 Å². The van der Waals surface area contributed by atoms with E-state index in [1.165, 1.54) is 83.5 Å². The van der Waals surface area contributed by atoms with Gasteiger partial charge >= 0.3 is 7.82 Å². The fourth-order valence-corrected chi connectivity index (χ4v) is 3.60. The first-order valence-electron chi connectivity index (χ1n) is 12.5. The molecule has 0 aliphatic heterocycles. The lowest BCUT2D eigenvalue weighted by Crippen LogP contribution is -2.15. The molecule has 32 heavy (non-hydrogen) atoms. The molecular weight excluding hydrogens is 427 g/mol. The maximum atomic E-state index is 11.3. The summed E-state index contributed by atoms with van der Waals surface area (Å²) in [6.07, 6.45) is 28.9. The van der Waals surface area contributed by atoms with Crippen LogP contribution in [0.15, 0.2) is 24.3 Å². The van der Waals surface area contributed by atoms with Gasteiger partial charge in [-0.05, 0) is 38.5 Å². The molecule has 0 fully saturated rings. The van der Waals surface area contributed by atoms with Crippen molar-refractivity contribution in [2.45, 2.75) is 110 Å². The number of allylic oxidation sites excluding steroid dienone is 4. The predicted octanol–water partition coefficient (Wildman–Crippen LogP) is 7.06. The number of phosphoric acid groups is 1. The largest absolute Gasteiger partial charge is 0.470 e. The van der Waals surface area contributed by atoms with Crippen molar-refractivity contribution in [2.24, 2.45) is 0 Å². The van der Waals surface area contributed by atoms with Crippen molar-refractivity contribution in [3.8, 4) is 0 Å². The monoisotopic (exact) mass is 474 g/mol. The topological polar surface area (TPSA) is 93.1 Å². The summed E-state index contributed by atoms with van der Waals surface area (Å²) >= 11 is 0. The van der Waals surface area contributed by atoms with Crippen LogP contribution in [-0.4, -0.2) is 35.4 Å². The van der Waals surface area contributed by atoms with Crippen molar-refractivity contribution in [1.29, 1.82) is 0 Å². The first-order chi connectivity index (χ1) is 15.5. The SMILES string of the molecule is CCCCC/C=C\C/C=C\CCCCCCCCCCCCOCC(=O)COP(=O)(O)O. The second-order valence-electron chi connectivity index (χ2n) is 8.35. The second kappa shape index (κ2) is 23.4. The molecule has 0 aliphatic rings. The maximum Gasteiger partial charge on any atom is 0.470 e. The highest BCUT2D eigenvalue weighted by molar-refractivity contribution is 7.46. The Kier molecular flexibility index (Phi) is 22.8. The van der Waals surface area contributed by atoms with Gasteiger partial charge in [0.25, 0.3) is 0 Å². The number of phosphoric ester groups is 1. The zero-order valence-electron chi connectivity index (χ0n) is 20.2. The third-order valence-corrected chi connectivity index (χ3v) is 5.61. The average Bonchev–Trinajstić information content (AvgIpc) is 2.75. The fourth-order valence-electron chi connectivity index (χ4n) is 3.28. The van der Waals surface area contributed by atoms with Gasteiger partial charge in [-0.3, -0.25) is 9.32 Å². The van der Waals surface area contributed by atoms with Gasteiger partial charge in [0.15, 0.2) is 5.78 Å². The van der Waals surface area contributed by atoms with Crippen LogP contribution >= 0.6 is 7.82 Å². The number of unbranched alkanes of at least 4 members (excludes halogenated alkanes) is 13. The van der Waals surface area contributed by atoms with Crippen LogP contribution in [-0.2, 0) is 18.6 Å². The molecule has 0 radical (unpaired) electrons. The van der Waals surface area contributed by atoms with Crippen LogP contribution in [0.1, 0.15) is 110 Å². The Morgan fingerprint density at radius 1 is 0.719 bits per heavy atom. The zero-order chi connectivity index (χ0) is 23.8. The minimum Gasteiger partial charge on any atom is -0.374 e. The van der Waals surface area contributed by atoms with Gasteiger partial charge < -0.3 is 14.5 Å². The molecule has 0 unspecified atom stereocenters. The summed E-state index contributed by atoms with van der Waals surface area (Å²) in [5.74, 6) is -0.463. The van der Waals surface area contributed by atoms with Crippen molar-refractivity contribution in [3.05, 3.63) is 24.3 Å². The zero-order valence-corrected chi connectivity index (χ0v) is 21.1. The van der Waals surface area contributed by atoms with E-state index in [4.69, 9.17) is 14.5 Å². The number of Topliss-reactive ketones (excluding diaryl/α,β-unsaturated/α-hetero) is 1. The van der Waals surface area contributed by atoms with Crippen LogP contribution in [0.5, 0.6) is 0 Å². The average molecular weight is 475 g/mol. The van der Waals surface area contributed by atoms with Crippen LogP contribution in [0, 0.1) is 0 Å². The summed E-state index contributed by atoms with van der Waals surface area (Å²) in [6, 6.07) is 0. The van der Waals surface area contributed by atoms with Crippen molar-refractivity contribution in [1.82, 2.24) is 0 Å². The lowest BCUT2D eigenvalue weighted by atomic mass is 10.1. The van der Waals surface area contributed by atoms with E-state index in [1.807, 2.05) is 0 Å². The van der Waals surface area contributed by atoms with Crippen LogP contribution in [0.4, 0.5) is 0 Å². The lowest BCUT2D eigenvalue weighted by molar-refractivity contribution is -0.126. The molecule has 0 amide bonds. The van der Waals surface area contributed by atoms with E-state index >= 15 is 0 Å². The Balaban J connectivity index is 3.23. The van der Waals surface area contributed by atoms with E-state index in [0.29, 0.717) is 6.61 Å². The van der Waals surface area contributed by atoms with Crippen LogP contribution < -0.4 is 0 Å². The number of ketones is 1. The molecule has 0 saturated carbocycles. The highest BCUT2D eigenvalue weighted by atomic mass is 31.2. The maximum absolute atomic E-state index is 11.3. The molecule has 0 atom stereocenters. The van der Waals surface area contributed by atoms with Crippen LogP contribution in [0.25, 0.3) is 0 Å². The number of rotatable bonds is 24. The standard InChI is InChI=1S/C25H47O6P/c1-2-3-4-5-6-7-8-9-10-11-12-13-14-15-16-17-18-19-20-21-22-30-23-25(26)24-31-32(27,28)29/h6-7,9-10H,2-5,8,11-24H2,1H3,(H2,27,28,29)/b7-6-,10-9-. The molecule has 0 spiro atoms. The molecule has 188 valence electrons. The summed E-state index contributed by atoms with van der Waals surface area (Å²) in [5, 5.41) is 0. The van der Waals surface area contributed by atoms with Gasteiger partial charge in [-0.1, -0.05) is 95.4 Å². The molecular formula is C25H47O6P. The molecule has 7 heteroatoms. The third kappa shape index (κ3) is 27.3. The van der Waals surface area contributed by atoms with Crippen molar-refractivity contribution >= 4 is 13.6 Å². The molecule has 0 heterocycles. The summed E-state index contributed by atoms with van der Waals surface area (Å²) in [7, 11) is -4.58. The number of hydrogen-bond acceptors (Lipinski definition) is 4. The van der Waals surface area contributed by atoms with Crippen molar-refractivity contribution in [2.75, 3.05) is 19.8 Å². The lowest BCUT2D eigenvalue weighted by Gasteiger charge is -2.06. The Hall–Kier alpha value is -0.780. The predicted molar refractivity (Wildman–Crippen MR) is 132 cm³/mol. The molecule has 0 aliphatic carbocycles. The Morgan fingerprint density at radius 2 is 1.22 bits per heavy atom. The van der Waals surface area contributed by atoms with Gasteiger partial charge in [-0.15, -0.1) is 0 Å². The second-order valence-corrected chi connectivity index (χ2v) is 9.59. The van der Waals surface area contributed by atoms with Gasteiger partial charge in [0.2, 0.25) is 0 Å². The molecule has 0 aromatic carbocycles. The minimum absolute atomic E-state index is 0.161. The highest BCUT2D eigenvalue weighted by Crippen LogP contribution is 2.35. The first-order valence-corrected chi connectivity index (χ1v) is 14.1. The molecule has 0 aromatic rings. The molecule has 6 nitrogen and oxygen atoms in total. The van der Waals surface area contributed by atoms with E-state index in [9.17, 15) is 9.36 Å². The number of hydrogen-bond donors (Lipinski definition) is 2. The molecule has 0 saturated heterocycles. The molecule has 0 rings (SSSR count). The van der Waals surface area contributed by atoms with Gasteiger partial charge in [0.1, 0.15) is 13.2 Å². The molecule has 0 bridgehead atoms.